The molecule has 2 N–H and O–H groups in total. The highest BCUT2D eigenvalue weighted by Gasteiger charge is 2.23. The molecule has 0 saturated carbocycles. The second-order valence-corrected chi connectivity index (χ2v) is 4.09. The van der Waals surface area contributed by atoms with E-state index in [1.165, 1.54) is 6.33 Å². The molecular weight excluding hydrogens is 232 g/mol. The molecule has 0 radical (unpaired) electrons. The van der Waals surface area contributed by atoms with Gasteiger partial charge in [0.25, 0.3) is 0 Å². The monoisotopic (exact) mass is 246 g/mol. The number of fused-ring (bicyclic) bond motifs is 1. The zero-order valence-corrected chi connectivity index (χ0v) is 10.0. The molecule has 0 spiro atoms. The number of hydrogen-bond donors (Lipinski definition) is 1. The molecular formula is C12H14N4O2. The average Bonchev–Trinajstić information content (AvgIpc) is 2.83. The molecule has 1 aromatic carbocycles. The zero-order chi connectivity index (χ0) is 12.5. The summed E-state index contributed by atoms with van der Waals surface area (Å²) in [6.07, 6.45) is 1.49. The average molecular weight is 246 g/mol. The summed E-state index contributed by atoms with van der Waals surface area (Å²) in [6, 6.07) is 5.32. The molecule has 0 amide bonds. The second-order valence-electron chi connectivity index (χ2n) is 4.09. The molecule has 2 heterocycles. The molecule has 1 atom stereocenters. The highest BCUT2D eigenvalue weighted by molar-refractivity contribution is 5.50. The second kappa shape index (κ2) is 4.30. The van der Waals surface area contributed by atoms with Gasteiger partial charge in [-0.2, -0.15) is 5.10 Å². The zero-order valence-electron chi connectivity index (χ0n) is 10.0. The number of benzene rings is 1. The molecule has 0 bridgehead atoms. The maximum Gasteiger partial charge on any atom is 0.166 e. The lowest BCUT2D eigenvalue weighted by Gasteiger charge is -2.23. The van der Waals surface area contributed by atoms with Gasteiger partial charge in [-0.15, -0.1) is 0 Å². The summed E-state index contributed by atoms with van der Waals surface area (Å²) < 4.78 is 12.9. The van der Waals surface area contributed by atoms with Gasteiger partial charge in [0.15, 0.2) is 11.5 Å². The maximum atomic E-state index is 6.23. The third-order valence-electron chi connectivity index (χ3n) is 2.96. The summed E-state index contributed by atoms with van der Waals surface area (Å²) >= 11 is 0. The van der Waals surface area contributed by atoms with Crippen molar-refractivity contribution in [1.29, 1.82) is 0 Å². The van der Waals surface area contributed by atoms with Gasteiger partial charge in [0.1, 0.15) is 25.4 Å². The van der Waals surface area contributed by atoms with Gasteiger partial charge in [-0.05, 0) is 6.07 Å². The molecule has 3 rings (SSSR count). The molecule has 0 aliphatic carbocycles. The van der Waals surface area contributed by atoms with Crippen LogP contribution in [-0.4, -0.2) is 28.0 Å². The van der Waals surface area contributed by atoms with E-state index in [2.05, 4.69) is 10.1 Å². The van der Waals surface area contributed by atoms with E-state index in [4.69, 9.17) is 15.2 Å². The Morgan fingerprint density at radius 2 is 2.17 bits per heavy atom. The first-order valence-corrected chi connectivity index (χ1v) is 5.75. The molecule has 1 aromatic heterocycles. The molecule has 0 fully saturated rings. The van der Waals surface area contributed by atoms with Gasteiger partial charge >= 0.3 is 0 Å². The topological polar surface area (TPSA) is 75.2 Å². The van der Waals surface area contributed by atoms with Crippen molar-refractivity contribution in [3.8, 4) is 11.5 Å². The van der Waals surface area contributed by atoms with Crippen LogP contribution in [0.25, 0.3) is 0 Å². The van der Waals surface area contributed by atoms with Crippen molar-refractivity contribution in [2.24, 2.45) is 12.8 Å². The van der Waals surface area contributed by atoms with Crippen LogP contribution in [0, 0.1) is 0 Å². The minimum atomic E-state index is -0.380. The van der Waals surface area contributed by atoms with Gasteiger partial charge < -0.3 is 15.2 Å². The van der Waals surface area contributed by atoms with E-state index >= 15 is 0 Å². The van der Waals surface area contributed by atoms with E-state index in [1.54, 1.807) is 4.68 Å². The van der Waals surface area contributed by atoms with Gasteiger partial charge in [0.2, 0.25) is 0 Å². The summed E-state index contributed by atoms with van der Waals surface area (Å²) in [5.41, 5.74) is 7.09. The molecule has 1 aliphatic heterocycles. The Balaban J connectivity index is 2.04. The molecule has 18 heavy (non-hydrogen) atoms. The van der Waals surface area contributed by atoms with Gasteiger partial charge in [0, 0.05) is 12.6 Å². The largest absolute Gasteiger partial charge is 0.486 e. The molecule has 1 unspecified atom stereocenters. The Kier molecular flexibility index (Phi) is 2.64. The van der Waals surface area contributed by atoms with E-state index in [1.807, 2.05) is 25.2 Å². The Morgan fingerprint density at radius 1 is 1.33 bits per heavy atom. The first kappa shape index (κ1) is 11.0. The highest BCUT2D eigenvalue weighted by atomic mass is 16.6. The number of hydrogen-bond acceptors (Lipinski definition) is 5. The summed E-state index contributed by atoms with van der Waals surface area (Å²) in [5, 5.41) is 4.03. The number of nitrogens with two attached hydrogens (primary N) is 1. The lowest BCUT2D eigenvalue weighted by atomic mass is 10.0. The number of rotatable bonds is 2. The van der Waals surface area contributed by atoms with Crippen molar-refractivity contribution in [3.05, 3.63) is 35.9 Å². The van der Waals surface area contributed by atoms with E-state index in [-0.39, 0.29) is 6.04 Å². The van der Waals surface area contributed by atoms with Crippen molar-refractivity contribution in [1.82, 2.24) is 14.8 Å². The Bertz CT molecular complexity index is 567. The van der Waals surface area contributed by atoms with Crippen LogP contribution in [0.5, 0.6) is 11.5 Å². The van der Waals surface area contributed by atoms with E-state index in [9.17, 15) is 0 Å². The van der Waals surface area contributed by atoms with Crippen molar-refractivity contribution in [2.75, 3.05) is 13.2 Å². The number of aryl methyl sites for hydroxylation is 1. The fourth-order valence-electron chi connectivity index (χ4n) is 2.07. The number of aromatic nitrogens is 3. The Hall–Kier alpha value is -2.08. The first-order chi connectivity index (χ1) is 8.77. The number of ether oxygens (including phenoxy) is 2. The molecule has 94 valence electrons. The van der Waals surface area contributed by atoms with E-state index in [0.29, 0.717) is 24.8 Å². The van der Waals surface area contributed by atoms with E-state index < -0.39 is 0 Å². The molecule has 1 aliphatic rings. The summed E-state index contributed by atoms with van der Waals surface area (Å²) in [4.78, 5) is 4.17. The Labute approximate surface area is 104 Å². The summed E-state index contributed by atoms with van der Waals surface area (Å²) in [7, 11) is 1.81. The van der Waals surface area contributed by atoms with Crippen molar-refractivity contribution < 1.29 is 9.47 Å². The number of nitrogens with zero attached hydrogens (tertiary/aromatic N) is 3. The standard InChI is InChI=1S/C12H14N4O2/c1-16-12(14-7-15-16)10(13)8-3-2-4-9-11(8)18-6-5-17-9/h2-4,7,10H,5-6,13H2,1H3. The van der Waals surface area contributed by atoms with Crippen LogP contribution in [0.3, 0.4) is 0 Å². The fraction of sp³-hybridized carbons (Fsp3) is 0.333. The van der Waals surface area contributed by atoms with Crippen LogP contribution in [0.15, 0.2) is 24.5 Å². The summed E-state index contributed by atoms with van der Waals surface area (Å²) in [5.74, 6) is 2.13. The van der Waals surface area contributed by atoms with Crippen LogP contribution in [0.2, 0.25) is 0 Å². The summed E-state index contributed by atoms with van der Waals surface area (Å²) in [6.45, 7) is 1.10. The van der Waals surface area contributed by atoms with Crippen molar-refractivity contribution >= 4 is 0 Å². The van der Waals surface area contributed by atoms with E-state index in [0.717, 1.165) is 11.3 Å². The molecule has 6 nitrogen and oxygen atoms in total. The lowest BCUT2D eigenvalue weighted by Crippen LogP contribution is -2.22. The van der Waals surface area contributed by atoms with Gasteiger partial charge in [-0.25, -0.2) is 4.98 Å². The van der Waals surface area contributed by atoms with Crippen LogP contribution in [0.4, 0.5) is 0 Å². The smallest absolute Gasteiger partial charge is 0.166 e. The normalized spacial score (nSPS) is 15.4. The number of para-hydroxylation sites is 1. The van der Waals surface area contributed by atoms with Crippen LogP contribution in [-0.2, 0) is 7.05 Å². The van der Waals surface area contributed by atoms with Crippen LogP contribution < -0.4 is 15.2 Å². The third-order valence-corrected chi connectivity index (χ3v) is 2.96. The third kappa shape index (κ3) is 1.70. The predicted octanol–water partition coefficient (Wildman–Crippen LogP) is 0.634. The molecule has 0 saturated heterocycles. The first-order valence-electron chi connectivity index (χ1n) is 5.75. The van der Waals surface area contributed by atoms with Crippen molar-refractivity contribution in [3.63, 3.8) is 0 Å². The predicted molar refractivity (Wildman–Crippen MR) is 64.5 cm³/mol. The van der Waals surface area contributed by atoms with Crippen LogP contribution >= 0.6 is 0 Å². The Morgan fingerprint density at radius 3 is 2.94 bits per heavy atom. The maximum absolute atomic E-state index is 6.23. The quantitative estimate of drug-likeness (QED) is 0.841. The fourth-order valence-corrected chi connectivity index (χ4v) is 2.07. The molecule has 6 heteroatoms. The lowest BCUT2D eigenvalue weighted by molar-refractivity contribution is 0.169. The van der Waals surface area contributed by atoms with Crippen LogP contribution in [0.1, 0.15) is 17.4 Å². The highest BCUT2D eigenvalue weighted by Crippen LogP contribution is 2.37. The SMILES string of the molecule is Cn1ncnc1C(N)c1cccc2c1OCCO2. The molecule has 2 aromatic rings. The minimum Gasteiger partial charge on any atom is -0.486 e. The van der Waals surface area contributed by atoms with Gasteiger partial charge in [-0.3, -0.25) is 4.68 Å². The minimum absolute atomic E-state index is 0.380. The van der Waals surface area contributed by atoms with Gasteiger partial charge in [0.05, 0.1) is 6.04 Å². The van der Waals surface area contributed by atoms with Crippen molar-refractivity contribution in [2.45, 2.75) is 6.04 Å². The van der Waals surface area contributed by atoms with Gasteiger partial charge in [-0.1, -0.05) is 12.1 Å².